The van der Waals surface area contributed by atoms with Crippen molar-refractivity contribution in [3.63, 3.8) is 0 Å². The number of aromatic nitrogens is 1. The van der Waals surface area contributed by atoms with Gasteiger partial charge in [0.2, 0.25) is 0 Å². The van der Waals surface area contributed by atoms with Crippen LogP contribution in [0.5, 0.6) is 0 Å². The Kier molecular flexibility index (Phi) is 2.73. The van der Waals surface area contributed by atoms with E-state index in [1.165, 1.54) is 48.9 Å². The Morgan fingerprint density at radius 3 is 3.19 bits per heavy atom. The molecule has 2 saturated heterocycles. The second-order valence-corrected chi connectivity index (χ2v) is 6.55. The zero-order valence-corrected chi connectivity index (χ0v) is 10.6. The highest BCUT2D eigenvalue weighted by Gasteiger charge is 2.40. The Morgan fingerprint density at radius 1 is 1.56 bits per heavy atom. The molecule has 1 unspecified atom stereocenters. The fourth-order valence-corrected chi connectivity index (χ4v) is 3.84. The van der Waals surface area contributed by atoms with Crippen LogP contribution in [0.25, 0.3) is 0 Å². The number of rotatable bonds is 2. The molecule has 1 spiro atoms. The lowest BCUT2D eigenvalue weighted by Crippen LogP contribution is -2.28. The molecule has 0 aromatic carbocycles. The topological polar surface area (TPSA) is 28.2 Å². The van der Waals surface area contributed by atoms with E-state index in [0.29, 0.717) is 5.41 Å². The van der Waals surface area contributed by atoms with Crippen molar-refractivity contribution in [1.29, 1.82) is 0 Å². The molecule has 0 saturated carbocycles. The summed E-state index contributed by atoms with van der Waals surface area (Å²) in [6.45, 7) is 8.17. The quantitative estimate of drug-likeness (QED) is 0.847. The average molecular weight is 237 g/mol. The summed E-state index contributed by atoms with van der Waals surface area (Å²) >= 11 is 1.84. The minimum Gasteiger partial charge on any atom is -0.316 e. The van der Waals surface area contributed by atoms with Crippen LogP contribution >= 0.6 is 11.3 Å². The van der Waals surface area contributed by atoms with E-state index in [4.69, 9.17) is 0 Å². The summed E-state index contributed by atoms with van der Waals surface area (Å²) < 4.78 is 0. The predicted molar refractivity (Wildman–Crippen MR) is 66.7 cm³/mol. The average Bonchev–Trinajstić information content (AvgIpc) is 2.94. The first-order valence-electron chi connectivity index (χ1n) is 6.10. The van der Waals surface area contributed by atoms with E-state index in [1.54, 1.807) is 0 Å². The van der Waals surface area contributed by atoms with Crippen LogP contribution in [0.3, 0.4) is 0 Å². The van der Waals surface area contributed by atoms with Gasteiger partial charge in [-0.3, -0.25) is 4.90 Å². The smallest absolute Gasteiger partial charge is 0.0897 e. The molecular formula is C12H19N3S. The molecule has 3 nitrogen and oxygen atoms in total. The van der Waals surface area contributed by atoms with Crippen molar-refractivity contribution in [3.05, 3.63) is 16.1 Å². The lowest BCUT2D eigenvalue weighted by atomic mass is 9.87. The molecule has 2 aliphatic rings. The minimum atomic E-state index is 0.597. The highest BCUT2D eigenvalue weighted by molar-refractivity contribution is 7.11. The number of hydrogen-bond acceptors (Lipinski definition) is 4. The maximum absolute atomic E-state index is 4.33. The zero-order chi connectivity index (χ0) is 11.0. The van der Waals surface area contributed by atoms with Crippen LogP contribution in [0.15, 0.2) is 6.20 Å². The Labute approximate surface area is 101 Å². The summed E-state index contributed by atoms with van der Waals surface area (Å²) in [4.78, 5) is 8.34. The van der Waals surface area contributed by atoms with Crippen molar-refractivity contribution in [1.82, 2.24) is 15.2 Å². The lowest BCUT2D eigenvalue weighted by Gasteiger charge is -2.22. The molecule has 0 aliphatic carbocycles. The molecule has 0 amide bonds. The maximum Gasteiger partial charge on any atom is 0.0897 e. The van der Waals surface area contributed by atoms with Crippen molar-refractivity contribution < 1.29 is 0 Å². The Morgan fingerprint density at radius 2 is 2.50 bits per heavy atom. The van der Waals surface area contributed by atoms with Crippen LogP contribution in [-0.2, 0) is 6.54 Å². The summed E-state index contributed by atoms with van der Waals surface area (Å²) in [6.07, 6.45) is 4.78. The number of nitrogens with zero attached hydrogens (tertiary/aromatic N) is 2. The zero-order valence-electron chi connectivity index (χ0n) is 9.83. The molecule has 3 rings (SSSR count). The van der Waals surface area contributed by atoms with Gasteiger partial charge in [-0.05, 0) is 38.3 Å². The summed E-state index contributed by atoms with van der Waals surface area (Å²) in [6, 6.07) is 0. The molecule has 1 N–H and O–H groups in total. The van der Waals surface area contributed by atoms with Gasteiger partial charge < -0.3 is 5.32 Å². The maximum atomic E-state index is 4.33. The van der Waals surface area contributed by atoms with Crippen molar-refractivity contribution in [2.75, 3.05) is 26.2 Å². The van der Waals surface area contributed by atoms with Crippen molar-refractivity contribution >= 4 is 11.3 Å². The number of thiazole rings is 1. The fraction of sp³-hybridized carbons (Fsp3) is 0.750. The summed E-state index contributed by atoms with van der Waals surface area (Å²) in [7, 11) is 0. The Bertz CT molecular complexity index is 368. The van der Waals surface area contributed by atoms with Crippen LogP contribution in [-0.4, -0.2) is 36.1 Å². The standard InChI is InChI=1S/C12H19N3S/c1-10-14-6-11(16-10)7-15-5-3-12(9-15)2-4-13-8-12/h6,13H,2-5,7-9H2,1H3. The minimum absolute atomic E-state index is 0.597. The van der Waals surface area contributed by atoms with Gasteiger partial charge in [-0.2, -0.15) is 0 Å². The molecular weight excluding hydrogens is 218 g/mol. The van der Waals surface area contributed by atoms with Gasteiger partial charge in [0.15, 0.2) is 0 Å². The predicted octanol–water partition coefficient (Wildman–Crippen LogP) is 1.64. The van der Waals surface area contributed by atoms with E-state index in [2.05, 4.69) is 22.1 Å². The highest BCUT2D eigenvalue weighted by atomic mass is 32.1. The van der Waals surface area contributed by atoms with E-state index in [-0.39, 0.29) is 0 Å². The van der Waals surface area contributed by atoms with Gasteiger partial charge in [-0.1, -0.05) is 0 Å². The molecule has 3 heterocycles. The van der Waals surface area contributed by atoms with E-state index in [9.17, 15) is 0 Å². The molecule has 1 aromatic heterocycles. The van der Waals surface area contributed by atoms with Crippen molar-refractivity contribution in [3.8, 4) is 0 Å². The third kappa shape index (κ3) is 2.01. The van der Waals surface area contributed by atoms with Gasteiger partial charge in [0, 0.05) is 30.7 Å². The van der Waals surface area contributed by atoms with Gasteiger partial charge in [0.05, 0.1) is 5.01 Å². The first-order chi connectivity index (χ1) is 7.76. The first kappa shape index (κ1) is 10.7. The van der Waals surface area contributed by atoms with Gasteiger partial charge in [-0.25, -0.2) is 4.98 Å². The summed E-state index contributed by atoms with van der Waals surface area (Å²) in [5.74, 6) is 0. The Hall–Kier alpha value is -0.450. The normalized spacial score (nSPS) is 30.6. The molecule has 16 heavy (non-hydrogen) atoms. The monoisotopic (exact) mass is 237 g/mol. The third-order valence-electron chi connectivity index (χ3n) is 3.90. The van der Waals surface area contributed by atoms with E-state index >= 15 is 0 Å². The van der Waals surface area contributed by atoms with Crippen LogP contribution in [0.1, 0.15) is 22.7 Å². The summed E-state index contributed by atoms with van der Waals surface area (Å²) in [5.41, 5.74) is 0.597. The van der Waals surface area contributed by atoms with Crippen molar-refractivity contribution in [2.24, 2.45) is 5.41 Å². The van der Waals surface area contributed by atoms with Crippen LogP contribution < -0.4 is 5.32 Å². The van der Waals surface area contributed by atoms with E-state index < -0.39 is 0 Å². The van der Waals surface area contributed by atoms with Gasteiger partial charge >= 0.3 is 0 Å². The van der Waals surface area contributed by atoms with Gasteiger partial charge in [0.25, 0.3) is 0 Å². The summed E-state index contributed by atoms with van der Waals surface area (Å²) in [5, 5.41) is 4.69. The molecule has 4 heteroatoms. The largest absolute Gasteiger partial charge is 0.316 e. The first-order valence-corrected chi connectivity index (χ1v) is 6.92. The number of aryl methyl sites for hydroxylation is 1. The number of hydrogen-bond donors (Lipinski definition) is 1. The van der Waals surface area contributed by atoms with Crippen LogP contribution in [0, 0.1) is 12.3 Å². The van der Waals surface area contributed by atoms with Crippen LogP contribution in [0.2, 0.25) is 0 Å². The lowest BCUT2D eigenvalue weighted by molar-refractivity contribution is 0.270. The highest BCUT2D eigenvalue weighted by Crippen LogP contribution is 2.36. The van der Waals surface area contributed by atoms with Gasteiger partial charge in [0.1, 0.15) is 0 Å². The molecule has 1 aromatic rings. The van der Waals surface area contributed by atoms with E-state index in [1.807, 2.05) is 17.5 Å². The second kappa shape index (κ2) is 4.09. The number of nitrogens with one attached hydrogen (secondary N) is 1. The van der Waals surface area contributed by atoms with Gasteiger partial charge in [-0.15, -0.1) is 11.3 Å². The third-order valence-corrected chi connectivity index (χ3v) is 4.80. The molecule has 0 bridgehead atoms. The molecule has 88 valence electrons. The fourth-order valence-electron chi connectivity index (χ4n) is 3.01. The van der Waals surface area contributed by atoms with Crippen LogP contribution in [0.4, 0.5) is 0 Å². The van der Waals surface area contributed by atoms with Crippen molar-refractivity contribution in [2.45, 2.75) is 26.3 Å². The second-order valence-electron chi connectivity index (χ2n) is 5.23. The molecule has 2 aliphatic heterocycles. The molecule has 2 fully saturated rings. The SMILES string of the molecule is Cc1ncc(CN2CCC3(CCNC3)C2)s1. The number of likely N-dealkylation sites (tertiary alicyclic amines) is 1. The molecule has 0 radical (unpaired) electrons. The molecule has 1 atom stereocenters. The Balaban J connectivity index is 1.61. The van der Waals surface area contributed by atoms with E-state index in [0.717, 1.165) is 6.54 Å².